The number of carbonyl (C=O) groups is 2. The predicted octanol–water partition coefficient (Wildman–Crippen LogP) is 2.25. The molecule has 1 saturated heterocycles. The lowest BCUT2D eigenvalue weighted by Crippen LogP contribution is -2.25. The second kappa shape index (κ2) is 5.05. The molecule has 2 heterocycles. The fraction of sp³-hybridized carbons (Fsp3) is 0.214. The minimum Gasteiger partial charge on any atom is -0.481 e. The zero-order chi connectivity index (χ0) is 14.1. The molecule has 1 aromatic heterocycles. The van der Waals surface area contributed by atoms with Crippen molar-refractivity contribution in [1.82, 2.24) is 4.98 Å². The number of aromatic nitrogens is 1. The summed E-state index contributed by atoms with van der Waals surface area (Å²) >= 11 is 1.55. The maximum Gasteiger partial charge on any atom is 0.308 e. The highest BCUT2D eigenvalue weighted by atomic mass is 32.1. The summed E-state index contributed by atoms with van der Waals surface area (Å²) in [5, 5.41) is 11.8. The van der Waals surface area contributed by atoms with Gasteiger partial charge in [0.25, 0.3) is 0 Å². The van der Waals surface area contributed by atoms with Crippen LogP contribution in [0.25, 0.3) is 10.6 Å². The second-order valence-corrected chi connectivity index (χ2v) is 5.52. The highest BCUT2D eigenvalue weighted by Gasteiger charge is 2.34. The Labute approximate surface area is 119 Å². The van der Waals surface area contributed by atoms with Crippen molar-refractivity contribution in [2.75, 3.05) is 11.4 Å². The average molecular weight is 288 g/mol. The lowest BCUT2D eigenvalue weighted by Gasteiger charge is -2.16. The van der Waals surface area contributed by atoms with E-state index >= 15 is 0 Å². The molecular formula is C14H12N2O3S. The maximum absolute atomic E-state index is 11.9. The van der Waals surface area contributed by atoms with Crippen molar-refractivity contribution in [2.24, 2.45) is 5.92 Å². The van der Waals surface area contributed by atoms with Crippen LogP contribution >= 0.6 is 11.3 Å². The lowest BCUT2D eigenvalue weighted by atomic mass is 10.1. The van der Waals surface area contributed by atoms with Gasteiger partial charge in [-0.25, -0.2) is 4.98 Å². The zero-order valence-electron chi connectivity index (χ0n) is 10.5. The molecule has 1 aliphatic rings. The third kappa shape index (κ3) is 2.30. The molecule has 1 atom stereocenters. The maximum atomic E-state index is 11.9. The molecule has 5 nitrogen and oxygen atoms in total. The van der Waals surface area contributed by atoms with Gasteiger partial charge in [0.15, 0.2) is 0 Å². The van der Waals surface area contributed by atoms with Gasteiger partial charge in [0.05, 0.1) is 5.92 Å². The van der Waals surface area contributed by atoms with Crippen molar-refractivity contribution in [3.63, 3.8) is 0 Å². The standard InChI is InChI=1S/C14H12N2O3S/c17-12-7-10(14(18)19)8-16(12)11-3-1-9(2-4-11)13-15-5-6-20-13/h1-6,10H,7-8H2,(H,18,19). The minimum atomic E-state index is -0.916. The second-order valence-electron chi connectivity index (χ2n) is 4.63. The number of rotatable bonds is 3. The summed E-state index contributed by atoms with van der Waals surface area (Å²) in [4.78, 5) is 28.6. The number of anilines is 1. The molecule has 1 aliphatic heterocycles. The number of hydrogen-bond acceptors (Lipinski definition) is 4. The Morgan fingerprint density at radius 1 is 1.35 bits per heavy atom. The molecule has 0 saturated carbocycles. The minimum absolute atomic E-state index is 0.0730. The highest BCUT2D eigenvalue weighted by Crippen LogP contribution is 2.28. The SMILES string of the molecule is O=C(O)C1CC(=O)N(c2ccc(-c3nccs3)cc2)C1. The van der Waals surface area contributed by atoms with E-state index in [0.717, 1.165) is 16.3 Å². The Morgan fingerprint density at radius 3 is 2.65 bits per heavy atom. The van der Waals surface area contributed by atoms with Crippen LogP contribution in [0.4, 0.5) is 5.69 Å². The van der Waals surface area contributed by atoms with Crippen molar-refractivity contribution >= 4 is 28.9 Å². The van der Waals surface area contributed by atoms with Crippen LogP contribution in [0.1, 0.15) is 6.42 Å². The van der Waals surface area contributed by atoms with E-state index in [1.807, 2.05) is 29.6 Å². The van der Waals surface area contributed by atoms with Crippen LogP contribution in [0.3, 0.4) is 0 Å². The van der Waals surface area contributed by atoms with Crippen LogP contribution in [0.15, 0.2) is 35.8 Å². The summed E-state index contributed by atoms with van der Waals surface area (Å²) in [6.45, 7) is 0.241. The van der Waals surface area contributed by atoms with Crippen molar-refractivity contribution in [1.29, 1.82) is 0 Å². The van der Waals surface area contributed by atoms with Crippen molar-refractivity contribution < 1.29 is 14.7 Å². The molecule has 1 N–H and O–H groups in total. The number of carboxylic acid groups (broad SMARTS) is 1. The van der Waals surface area contributed by atoms with Crippen LogP contribution in [0.5, 0.6) is 0 Å². The first-order valence-electron chi connectivity index (χ1n) is 6.18. The van der Waals surface area contributed by atoms with Gasteiger partial charge >= 0.3 is 5.97 Å². The van der Waals surface area contributed by atoms with E-state index < -0.39 is 11.9 Å². The molecular weight excluding hydrogens is 276 g/mol. The van der Waals surface area contributed by atoms with Gasteiger partial charge in [-0.3, -0.25) is 9.59 Å². The summed E-state index contributed by atoms with van der Waals surface area (Å²) in [7, 11) is 0. The monoisotopic (exact) mass is 288 g/mol. The number of aliphatic carboxylic acids is 1. The fourth-order valence-electron chi connectivity index (χ4n) is 2.27. The summed E-state index contributed by atoms with van der Waals surface area (Å²) in [5.74, 6) is -1.67. The number of carboxylic acids is 1. The summed E-state index contributed by atoms with van der Waals surface area (Å²) < 4.78 is 0. The third-order valence-electron chi connectivity index (χ3n) is 3.33. The Hall–Kier alpha value is -2.21. The largest absolute Gasteiger partial charge is 0.481 e. The number of benzene rings is 1. The summed E-state index contributed by atoms with van der Waals surface area (Å²) in [5.41, 5.74) is 1.73. The van der Waals surface area contributed by atoms with Gasteiger partial charge < -0.3 is 10.0 Å². The van der Waals surface area contributed by atoms with Gasteiger partial charge in [0, 0.05) is 35.8 Å². The molecule has 3 rings (SSSR count). The molecule has 0 aliphatic carbocycles. The predicted molar refractivity (Wildman–Crippen MR) is 75.6 cm³/mol. The molecule has 1 fully saturated rings. The molecule has 1 unspecified atom stereocenters. The van der Waals surface area contributed by atoms with E-state index in [-0.39, 0.29) is 18.9 Å². The summed E-state index contributed by atoms with van der Waals surface area (Å²) in [6.07, 6.45) is 1.82. The number of carbonyl (C=O) groups excluding carboxylic acids is 1. The molecule has 102 valence electrons. The van der Waals surface area contributed by atoms with Gasteiger partial charge in [-0.15, -0.1) is 11.3 Å². The van der Waals surface area contributed by atoms with E-state index in [0.29, 0.717) is 0 Å². The molecule has 1 amide bonds. The first-order valence-corrected chi connectivity index (χ1v) is 7.06. The number of thiazole rings is 1. The topological polar surface area (TPSA) is 70.5 Å². The van der Waals surface area contributed by atoms with E-state index in [1.54, 1.807) is 17.5 Å². The first-order chi connectivity index (χ1) is 9.65. The van der Waals surface area contributed by atoms with Crippen molar-refractivity contribution in [3.8, 4) is 10.6 Å². The first kappa shape index (κ1) is 12.8. The quantitative estimate of drug-likeness (QED) is 0.940. The highest BCUT2D eigenvalue weighted by molar-refractivity contribution is 7.13. The van der Waals surface area contributed by atoms with Gasteiger partial charge in [-0.2, -0.15) is 0 Å². The Balaban J connectivity index is 1.82. The van der Waals surface area contributed by atoms with E-state index in [4.69, 9.17) is 5.11 Å². The molecule has 6 heteroatoms. The third-order valence-corrected chi connectivity index (χ3v) is 4.15. The average Bonchev–Trinajstić information content (AvgIpc) is 3.08. The van der Waals surface area contributed by atoms with Crippen LogP contribution in [0, 0.1) is 5.92 Å². The fourth-order valence-corrected chi connectivity index (χ4v) is 2.92. The zero-order valence-corrected chi connectivity index (χ0v) is 11.3. The number of nitrogens with zero attached hydrogens (tertiary/aromatic N) is 2. The Bertz CT molecular complexity index is 637. The summed E-state index contributed by atoms with van der Waals surface area (Å²) in [6, 6.07) is 7.46. The Morgan fingerprint density at radius 2 is 2.10 bits per heavy atom. The molecule has 1 aromatic carbocycles. The van der Waals surface area contributed by atoms with Gasteiger partial charge in [-0.1, -0.05) is 0 Å². The smallest absolute Gasteiger partial charge is 0.308 e. The van der Waals surface area contributed by atoms with Crippen LogP contribution in [-0.2, 0) is 9.59 Å². The molecule has 0 radical (unpaired) electrons. The molecule has 20 heavy (non-hydrogen) atoms. The number of hydrogen-bond donors (Lipinski definition) is 1. The molecule has 0 bridgehead atoms. The number of amides is 1. The van der Waals surface area contributed by atoms with E-state index in [9.17, 15) is 9.59 Å². The molecule has 2 aromatic rings. The lowest BCUT2D eigenvalue weighted by molar-refractivity contribution is -0.141. The van der Waals surface area contributed by atoms with E-state index in [2.05, 4.69) is 4.98 Å². The van der Waals surface area contributed by atoms with Gasteiger partial charge in [0.2, 0.25) is 5.91 Å². The van der Waals surface area contributed by atoms with Crippen LogP contribution in [-0.4, -0.2) is 28.5 Å². The van der Waals surface area contributed by atoms with Crippen molar-refractivity contribution in [3.05, 3.63) is 35.8 Å². The van der Waals surface area contributed by atoms with E-state index in [1.165, 1.54) is 4.90 Å². The van der Waals surface area contributed by atoms with Crippen molar-refractivity contribution in [2.45, 2.75) is 6.42 Å². The van der Waals surface area contributed by atoms with Crippen LogP contribution < -0.4 is 4.90 Å². The molecule has 0 spiro atoms. The Kier molecular flexibility index (Phi) is 3.23. The normalized spacial score (nSPS) is 18.5. The van der Waals surface area contributed by atoms with Gasteiger partial charge in [-0.05, 0) is 24.3 Å². The van der Waals surface area contributed by atoms with Crippen LogP contribution in [0.2, 0.25) is 0 Å². The van der Waals surface area contributed by atoms with Gasteiger partial charge in [0.1, 0.15) is 5.01 Å².